The molecule has 0 aliphatic carbocycles. The Balaban J connectivity index is 2.34. The summed E-state index contributed by atoms with van der Waals surface area (Å²) < 4.78 is 36.5. The minimum Gasteiger partial charge on any atom is -0.356 e. The van der Waals surface area contributed by atoms with Crippen molar-refractivity contribution in [2.45, 2.75) is 12.2 Å². The van der Waals surface area contributed by atoms with Crippen molar-refractivity contribution >= 4 is 20.7 Å². The number of halogens is 1. The summed E-state index contributed by atoms with van der Waals surface area (Å²) in [6.07, 6.45) is 0.450. The van der Waals surface area contributed by atoms with Crippen molar-refractivity contribution in [3.63, 3.8) is 0 Å². The molecular formula is C11H10FNO2S. The van der Waals surface area contributed by atoms with Crippen LogP contribution in [0.25, 0.3) is 10.9 Å². The lowest BCUT2D eigenvalue weighted by Crippen LogP contribution is -2.18. The molecule has 0 saturated heterocycles. The van der Waals surface area contributed by atoms with E-state index in [-0.39, 0.29) is 17.3 Å². The molecule has 0 fully saturated rings. The number of aromatic nitrogens is 1. The van der Waals surface area contributed by atoms with Gasteiger partial charge in [0.1, 0.15) is 5.82 Å². The zero-order valence-electron chi connectivity index (χ0n) is 8.46. The van der Waals surface area contributed by atoms with E-state index in [2.05, 4.69) is 4.98 Å². The van der Waals surface area contributed by atoms with E-state index in [1.54, 1.807) is 12.1 Å². The fourth-order valence-corrected chi connectivity index (χ4v) is 3.65. The first-order chi connectivity index (χ1) is 7.57. The van der Waals surface area contributed by atoms with E-state index in [4.69, 9.17) is 0 Å². The summed E-state index contributed by atoms with van der Waals surface area (Å²) in [6, 6.07) is 4.74. The predicted octanol–water partition coefficient (Wildman–Crippen LogP) is 1.78. The number of aryl methyl sites for hydroxylation is 1. The Kier molecular flexibility index (Phi) is 1.89. The maximum atomic E-state index is 13.5. The fraction of sp³-hybridized carbons (Fsp3) is 0.273. The lowest BCUT2D eigenvalue weighted by Gasteiger charge is -2.11. The summed E-state index contributed by atoms with van der Waals surface area (Å²) in [7, 11) is -3.01. The van der Waals surface area contributed by atoms with Crippen molar-refractivity contribution in [3.05, 3.63) is 35.3 Å². The molecule has 0 bridgehead atoms. The van der Waals surface area contributed by atoms with Gasteiger partial charge in [-0.25, -0.2) is 12.8 Å². The van der Waals surface area contributed by atoms with Crippen LogP contribution in [0.15, 0.2) is 18.2 Å². The Morgan fingerprint density at radius 1 is 1.31 bits per heavy atom. The summed E-state index contributed by atoms with van der Waals surface area (Å²) in [5.74, 6) is -0.162. The highest BCUT2D eigenvalue weighted by molar-refractivity contribution is 7.90. The van der Waals surface area contributed by atoms with Crippen LogP contribution in [0, 0.1) is 5.82 Å². The molecule has 0 amide bonds. The van der Waals surface area contributed by atoms with Gasteiger partial charge >= 0.3 is 0 Å². The molecule has 1 aliphatic heterocycles. The van der Waals surface area contributed by atoms with Gasteiger partial charge in [-0.15, -0.1) is 0 Å². The monoisotopic (exact) mass is 239 g/mol. The first kappa shape index (κ1) is 9.84. The molecule has 1 aliphatic rings. The van der Waals surface area contributed by atoms with Crippen LogP contribution in [0.3, 0.4) is 0 Å². The molecule has 0 atom stereocenters. The number of benzene rings is 1. The van der Waals surface area contributed by atoms with Gasteiger partial charge in [0.25, 0.3) is 0 Å². The third-order valence-electron chi connectivity index (χ3n) is 3.01. The minimum absolute atomic E-state index is 0.0196. The number of para-hydroxylation sites is 1. The van der Waals surface area contributed by atoms with Crippen LogP contribution in [-0.2, 0) is 22.0 Å². The predicted molar refractivity (Wildman–Crippen MR) is 59.5 cm³/mol. The second-order valence-corrected chi connectivity index (χ2v) is 6.27. The van der Waals surface area contributed by atoms with Gasteiger partial charge in [0.15, 0.2) is 9.84 Å². The normalized spacial score (nSPS) is 18.6. The number of hydrogen-bond donors (Lipinski definition) is 1. The highest BCUT2D eigenvalue weighted by atomic mass is 32.2. The second-order valence-electron chi connectivity index (χ2n) is 4.09. The van der Waals surface area contributed by atoms with E-state index in [9.17, 15) is 12.8 Å². The van der Waals surface area contributed by atoms with Gasteiger partial charge in [0.05, 0.1) is 17.0 Å². The Morgan fingerprint density at radius 2 is 2.12 bits per heavy atom. The average Bonchev–Trinajstić information content (AvgIpc) is 2.57. The second kappa shape index (κ2) is 3.07. The molecule has 3 nitrogen and oxygen atoms in total. The Labute approximate surface area is 92.2 Å². The van der Waals surface area contributed by atoms with E-state index >= 15 is 0 Å². The number of nitrogens with one attached hydrogen (secondary N) is 1. The maximum Gasteiger partial charge on any atom is 0.154 e. The molecular weight excluding hydrogens is 229 g/mol. The van der Waals surface area contributed by atoms with E-state index in [1.165, 1.54) is 6.07 Å². The van der Waals surface area contributed by atoms with Crippen molar-refractivity contribution in [2.24, 2.45) is 0 Å². The maximum absolute atomic E-state index is 13.5. The highest BCUT2D eigenvalue weighted by Crippen LogP contribution is 2.29. The van der Waals surface area contributed by atoms with Crippen LogP contribution >= 0.6 is 0 Å². The van der Waals surface area contributed by atoms with E-state index < -0.39 is 9.84 Å². The molecule has 84 valence electrons. The van der Waals surface area contributed by atoms with Crippen molar-refractivity contribution in [2.75, 3.05) is 5.75 Å². The van der Waals surface area contributed by atoms with Gasteiger partial charge in [0.2, 0.25) is 0 Å². The SMILES string of the molecule is O=S1(=O)CCc2[nH]c3c(F)cccc3c2C1. The van der Waals surface area contributed by atoms with E-state index in [1.807, 2.05) is 0 Å². The first-order valence-corrected chi connectivity index (χ1v) is 6.87. The summed E-state index contributed by atoms with van der Waals surface area (Å²) >= 11 is 0. The number of H-pyrrole nitrogens is 1. The van der Waals surface area contributed by atoms with E-state index in [0.29, 0.717) is 17.3 Å². The van der Waals surface area contributed by atoms with Gasteiger partial charge in [0, 0.05) is 17.5 Å². The highest BCUT2D eigenvalue weighted by Gasteiger charge is 2.25. The van der Waals surface area contributed by atoms with Crippen molar-refractivity contribution in [1.82, 2.24) is 4.98 Å². The zero-order valence-corrected chi connectivity index (χ0v) is 9.27. The molecule has 0 spiro atoms. The fourth-order valence-electron chi connectivity index (χ4n) is 2.22. The molecule has 0 saturated carbocycles. The summed E-state index contributed by atoms with van der Waals surface area (Å²) in [5, 5.41) is 0.693. The zero-order chi connectivity index (χ0) is 11.3. The van der Waals surface area contributed by atoms with Crippen LogP contribution in [0.5, 0.6) is 0 Å². The van der Waals surface area contributed by atoms with Crippen LogP contribution in [0.2, 0.25) is 0 Å². The average molecular weight is 239 g/mol. The summed E-state index contributed by atoms with van der Waals surface area (Å²) in [4.78, 5) is 2.98. The summed E-state index contributed by atoms with van der Waals surface area (Å²) in [5.41, 5.74) is 2.01. The lowest BCUT2D eigenvalue weighted by molar-refractivity contribution is 0.591. The lowest BCUT2D eigenvalue weighted by atomic mass is 10.1. The van der Waals surface area contributed by atoms with Gasteiger partial charge in [-0.05, 0) is 11.6 Å². The van der Waals surface area contributed by atoms with Gasteiger partial charge in [-0.3, -0.25) is 0 Å². The number of aromatic amines is 1. The molecule has 5 heteroatoms. The van der Waals surface area contributed by atoms with Gasteiger partial charge in [-0.1, -0.05) is 12.1 Å². The quantitative estimate of drug-likeness (QED) is 0.761. The Bertz CT molecular complexity index is 673. The molecule has 1 aromatic heterocycles. The third kappa shape index (κ3) is 1.35. The molecule has 1 aromatic carbocycles. The van der Waals surface area contributed by atoms with Crippen molar-refractivity contribution < 1.29 is 12.8 Å². The van der Waals surface area contributed by atoms with Crippen LogP contribution in [0.4, 0.5) is 4.39 Å². The topological polar surface area (TPSA) is 49.9 Å². The van der Waals surface area contributed by atoms with E-state index in [0.717, 1.165) is 11.3 Å². The summed E-state index contributed by atoms with van der Waals surface area (Å²) in [6.45, 7) is 0. The number of rotatable bonds is 0. The van der Waals surface area contributed by atoms with Crippen LogP contribution in [0.1, 0.15) is 11.3 Å². The first-order valence-electron chi connectivity index (χ1n) is 5.05. The minimum atomic E-state index is -3.01. The van der Waals surface area contributed by atoms with Gasteiger partial charge in [-0.2, -0.15) is 0 Å². The number of hydrogen-bond acceptors (Lipinski definition) is 2. The standard InChI is InChI=1S/C11H10FNO2S/c12-9-3-1-2-7-8-6-16(14,15)5-4-10(8)13-11(7)9/h1-3,13H,4-6H2. The van der Waals surface area contributed by atoms with Crippen molar-refractivity contribution in [3.8, 4) is 0 Å². The molecule has 0 unspecified atom stereocenters. The smallest absolute Gasteiger partial charge is 0.154 e. The van der Waals surface area contributed by atoms with Gasteiger partial charge < -0.3 is 4.98 Å². The number of fused-ring (bicyclic) bond motifs is 3. The third-order valence-corrected chi connectivity index (χ3v) is 4.56. The molecule has 2 heterocycles. The molecule has 0 radical (unpaired) electrons. The largest absolute Gasteiger partial charge is 0.356 e. The number of sulfone groups is 1. The molecule has 16 heavy (non-hydrogen) atoms. The Hall–Kier alpha value is -1.36. The Morgan fingerprint density at radius 3 is 2.94 bits per heavy atom. The molecule has 2 aromatic rings. The molecule has 1 N–H and O–H groups in total. The van der Waals surface area contributed by atoms with Crippen LogP contribution < -0.4 is 0 Å². The molecule has 3 rings (SSSR count). The van der Waals surface area contributed by atoms with Crippen molar-refractivity contribution in [1.29, 1.82) is 0 Å². The van der Waals surface area contributed by atoms with Crippen LogP contribution in [-0.4, -0.2) is 19.2 Å².